The Balaban J connectivity index is 1.31. The molecule has 1 spiro atoms. The Hall–Kier alpha value is -1.24. The molecule has 0 amide bonds. The average molecular weight is 372 g/mol. The molecule has 0 atom stereocenters. The van der Waals surface area contributed by atoms with Crippen molar-refractivity contribution in [2.45, 2.75) is 64.0 Å². The summed E-state index contributed by atoms with van der Waals surface area (Å²) in [6, 6.07) is 0. The summed E-state index contributed by atoms with van der Waals surface area (Å²) in [5, 5.41) is 1.34. The normalized spacial score (nSPS) is 23.1. The number of likely N-dealkylation sites (tertiary alicyclic amines) is 1. The quantitative estimate of drug-likeness (QED) is 0.901. The first kappa shape index (κ1) is 16.9. The van der Waals surface area contributed by atoms with Gasteiger partial charge in [0.25, 0.3) is 0 Å². The van der Waals surface area contributed by atoms with Crippen molar-refractivity contribution in [1.82, 2.24) is 24.8 Å². The SMILES string of the molecule is CCN1CCc2[nH]cnc2C12CCN(Cc1nc3c(s1)CCCC3)CC2. The van der Waals surface area contributed by atoms with E-state index in [2.05, 4.69) is 21.7 Å². The Morgan fingerprint density at radius 1 is 1.15 bits per heavy atom. The smallest absolute Gasteiger partial charge is 0.107 e. The number of imidazole rings is 1. The maximum atomic E-state index is 4.96. The molecule has 2 aromatic heterocycles. The first-order chi connectivity index (χ1) is 12.8. The minimum atomic E-state index is 0.154. The molecule has 5 rings (SSSR count). The summed E-state index contributed by atoms with van der Waals surface area (Å²) in [6.07, 6.45) is 10.5. The number of likely N-dealkylation sites (N-methyl/N-ethyl adjacent to an activating group) is 1. The molecule has 1 N–H and O–H groups in total. The van der Waals surface area contributed by atoms with E-state index in [1.807, 2.05) is 17.7 Å². The van der Waals surface area contributed by atoms with Gasteiger partial charge < -0.3 is 4.98 Å². The van der Waals surface area contributed by atoms with Gasteiger partial charge in [0.05, 0.1) is 29.8 Å². The Bertz CT molecular complexity index is 748. The molecule has 0 saturated carbocycles. The second-order valence-electron chi connectivity index (χ2n) is 8.05. The number of aromatic nitrogens is 3. The summed E-state index contributed by atoms with van der Waals surface area (Å²) >= 11 is 1.97. The van der Waals surface area contributed by atoms with Gasteiger partial charge in [0.2, 0.25) is 0 Å². The van der Waals surface area contributed by atoms with Crippen LogP contribution in [0.3, 0.4) is 0 Å². The summed E-state index contributed by atoms with van der Waals surface area (Å²) in [5.74, 6) is 0. The van der Waals surface area contributed by atoms with E-state index in [0.29, 0.717) is 0 Å². The van der Waals surface area contributed by atoms with E-state index < -0.39 is 0 Å². The summed E-state index contributed by atoms with van der Waals surface area (Å²) in [6.45, 7) is 7.90. The lowest BCUT2D eigenvalue weighted by Gasteiger charge is -2.50. The monoisotopic (exact) mass is 371 g/mol. The second-order valence-corrected chi connectivity index (χ2v) is 9.22. The molecule has 3 aliphatic rings. The number of hydrogen-bond donors (Lipinski definition) is 1. The van der Waals surface area contributed by atoms with E-state index >= 15 is 0 Å². The minimum absolute atomic E-state index is 0.154. The van der Waals surface area contributed by atoms with Crippen LogP contribution in [0.15, 0.2) is 6.33 Å². The van der Waals surface area contributed by atoms with Crippen LogP contribution >= 0.6 is 11.3 Å². The topological polar surface area (TPSA) is 48.1 Å². The van der Waals surface area contributed by atoms with E-state index in [1.165, 1.54) is 60.6 Å². The molecule has 6 heteroatoms. The molecule has 0 bridgehead atoms. The fraction of sp³-hybridized carbons (Fsp3) is 0.700. The Kier molecular flexibility index (Phi) is 4.38. The zero-order valence-corrected chi connectivity index (χ0v) is 16.6. The summed E-state index contributed by atoms with van der Waals surface area (Å²) in [5.41, 5.74) is 4.25. The molecule has 2 aromatic rings. The van der Waals surface area contributed by atoms with Crippen LogP contribution in [-0.2, 0) is 31.3 Å². The van der Waals surface area contributed by atoms with Gasteiger partial charge in [-0.15, -0.1) is 11.3 Å². The number of aryl methyl sites for hydroxylation is 2. The van der Waals surface area contributed by atoms with Gasteiger partial charge in [-0.05, 0) is 45.1 Å². The molecule has 1 saturated heterocycles. The Labute approximate surface area is 159 Å². The molecule has 0 unspecified atom stereocenters. The van der Waals surface area contributed by atoms with E-state index in [-0.39, 0.29) is 5.54 Å². The van der Waals surface area contributed by atoms with E-state index in [1.54, 1.807) is 4.88 Å². The first-order valence-electron chi connectivity index (χ1n) is 10.3. The fourth-order valence-electron chi connectivity index (χ4n) is 5.28. The third-order valence-electron chi connectivity index (χ3n) is 6.71. The van der Waals surface area contributed by atoms with Gasteiger partial charge in [-0.3, -0.25) is 9.80 Å². The Morgan fingerprint density at radius 2 is 2.00 bits per heavy atom. The molecule has 5 nitrogen and oxygen atoms in total. The third kappa shape index (κ3) is 2.74. The lowest BCUT2D eigenvalue weighted by molar-refractivity contribution is 0.00707. The highest BCUT2D eigenvalue weighted by Crippen LogP contribution is 2.42. The largest absolute Gasteiger partial charge is 0.348 e. The standard InChI is InChI=1S/C20H29N5S/c1-2-25-10-7-16-19(22-14-21-16)20(25)8-11-24(12-9-20)13-18-23-15-5-3-4-6-17(15)26-18/h14H,2-13H2,1H3,(H,21,22). The number of H-pyrrole nitrogens is 1. The number of piperidine rings is 1. The molecule has 26 heavy (non-hydrogen) atoms. The van der Waals surface area contributed by atoms with E-state index in [9.17, 15) is 0 Å². The van der Waals surface area contributed by atoms with Gasteiger partial charge in [-0.1, -0.05) is 6.92 Å². The van der Waals surface area contributed by atoms with Crippen molar-refractivity contribution in [2.75, 3.05) is 26.2 Å². The van der Waals surface area contributed by atoms with Crippen molar-refractivity contribution in [1.29, 1.82) is 0 Å². The predicted molar refractivity (Wildman–Crippen MR) is 104 cm³/mol. The number of thiazole rings is 1. The van der Waals surface area contributed by atoms with Crippen LogP contribution < -0.4 is 0 Å². The predicted octanol–water partition coefficient (Wildman–Crippen LogP) is 3.11. The fourth-order valence-corrected chi connectivity index (χ4v) is 6.48. The minimum Gasteiger partial charge on any atom is -0.348 e. The van der Waals surface area contributed by atoms with Gasteiger partial charge in [0.1, 0.15) is 5.01 Å². The number of rotatable bonds is 3. The summed E-state index contributed by atoms with van der Waals surface area (Å²) in [7, 11) is 0. The molecule has 1 fully saturated rings. The van der Waals surface area contributed by atoms with Crippen LogP contribution in [0.2, 0.25) is 0 Å². The maximum absolute atomic E-state index is 4.96. The Morgan fingerprint density at radius 3 is 2.81 bits per heavy atom. The van der Waals surface area contributed by atoms with Gasteiger partial charge in [0.15, 0.2) is 0 Å². The summed E-state index contributed by atoms with van der Waals surface area (Å²) < 4.78 is 0. The van der Waals surface area contributed by atoms with E-state index in [0.717, 1.165) is 39.1 Å². The lowest BCUT2D eigenvalue weighted by atomic mass is 9.79. The second kappa shape index (κ2) is 6.73. The highest BCUT2D eigenvalue weighted by atomic mass is 32.1. The maximum Gasteiger partial charge on any atom is 0.107 e. The first-order valence-corrected chi connectivity index (χ1v) is 11.1. The van der Waals surface area contributed by atoms with Gasteiger partial charge in [-0.2, -0.15) is 0 Å². The molecule has 4 heterocycles. The molecular weight excluding hydrogens is 342 g/mol. The number of aromatic amines is 1. The average Bonchev–Trinajstić information content (AvgIpc) is 3.30. The van der Waals surface area contributed by atoms with Crippen LogP contribution in [0.1, 0.15) is 59.6 Å². The molecule has 0 aromatic carbocycles. The number of fused-ring (bicyclic) bond motifs is 3. The van der Waals surface area contributed by atoms with Gasteiger partial charge in [0, 0.05) is 36.6 Å². The highest BCUT2D eigenvalue weighted by molar-refractivity contribution is 7.11. The van der Waals surface area contributed by atoms with E-state index in [4.69, 9.17) is 9.97 Å². The third-order valence-corrected chi connectivity index (χ3v) is 7.85. The van der Waals surface area contributed by atoms with Crippen molar-refractivity contribution in [3.63, 3.8) is 0 Å². The molecule has 140 valence electrons. The van der Waals surface area contributed by atoms with Crippen LogP contribution in [-0.4, -0.2) is 50.9 Å². The van der Waals surface area contributed by atoms with Gasteiger partial charge >= 0.3 is 0 Å². The highest BCUT2D eigenvalue weighted by Gasteiger charge is 2.45. The number of hydrogen-bond acceptors (Lipinski definition) is 5. The van der Waals surface area contributed by atoms with Crippen molar-refractivity contribution in [3.8, 4) is 0 Å². The zero-order chi connectivity index (χ0) is 17.6. The van der Waals surface area contributed by atoms with Crippen LogP contribution in [0.25, 0.3) is 0 Å². The molecular formula is C20H29N5S. The van der Waals surface area contributed by atoms with Crippen LogP contribution in [0, 0.1) is 0 Å². The molecule has 0 radical (unpaired) electrons. The van der Waals surface area contributed by atoms with Crippen molar-refractivity contribution < 1.29 is 0 Å². The zero-order valence-electron chi connectivity index (χ0n) is 15.8. The summed E-state index contributed by atoms with van der Waals surface area (Å²) in [4.78, 5) is 20.0. The van der Waals surface area contributed by atoms with Crippen LogP contribution in [0.4, 0.5) is 0 Å². The number of nitrogens with one attached hydrogen (secondary N) is 1. The van der Waals surface area contributed by atoms with Gasteiger partial charge in [-0.25, -0.2) is 9.97 Å². The number of nitrogens with zero attached hydrogens (tertiary/aromatic N) is 4. The van der Waals surface area contributed by atoms with Crippen molar-refractivity contribution >= 4 is 11.3 Å². The molecule has 1 aliphatic carbocycles. The lowest BCUT2D eigenvalue weighted by Crippen LogP contribution is -2.56. The van der Waals surface area contributed by atoms with Crippen LogP contribution in [0.5, 0.6) is 0 Å². The molecule has 2 aliphatic heterocycles. The van der Waals surface area contributed by atoms with Crippen molar-refractivity contribution in [3.05, 3.63) is 33.3 Å². The van der Waals surface area contributed by atoms with Crippen molar-refractivity contribution in [2.24, 2.45) is 0 Å².